The average molecular weight is 421 g/mol. The van der Waals surface area contributed by atoms with Gasteiger partial charge in [0.1, 0.15) is 31.9 Å². The first-order chi connectivity index (χ1) is 15.3. The van der Waals surface area contributed by atoms with E-state index in [2.05, 4.69) is 77.0 Å². The van der Waals surface area contributed by atoms with Gasteiger partial charge in [0.2, 0.25) is 5.82 Å². The van der Waals surface area contributed by atoms with E-state index in [1.165, 1.54) is 21.7 Å². The largest absolute Gasteiger partial charge is 0.376 e. The highest BCUT2D eigenvalue weighted by Crippen LogP contribution is 2.20. The summed E-state index contributed by atoms with van der Waals surface area (Å²) < 4.78 is 7.85. The maximum Gasteiger partial charge on any atom is 0.214 e. The highest BCUT2D eigenvalue weighted by Gasteiger charge is 2.36. The summed E-state index contributed by atoms with van der Waals surface area (Å²) in [4.78, 5) is 3.10. The number of aromatic nitrogens is 4. The first-order valence-electron chi connectivity index (χ1n) is 11.5. The number of rotatable bonds is 6. The van der Waals surface area contributed by atoms with Crippen molar-refractivity contribution in [1.29, 1.82) is 0 Å². The summed E-state index contributed by atoms with van der Waals surface area (Å²) in [6, 6.07) is 19.8. The van der Waals surface area contributed by atoms with E-state index in [0.29, 0.717) is 0 Å². The van der Waals surface area contributed by atoms with Gasteiger partial charge in [-0.3, -0.25) is 4.90 Å². The van der Waals surface area contributed by atoms with E-state index in [-0.39, 0.29) is 12.1 Å². The third-order valence-electron chi connectivity index (χ3n) is 6.72. The molecule has 0 unspecified atom stereocenters. The van der Waals surface area contributed by atoms with E-state index < -0.39 is 0 Å². The summed E-state index contributed by atoms with van der Waals surface area (Å²) in [5.74, 6) is 0.956. The van der Waals surface area contributed by atoms with Crippen molar-refractivity contribution in [2.75, 3.05) is 32.8 Å². The number of hydrogen-bond acceptors (Lipinski definition) is 4. The zero-order valence-electron chi connectivity index (χ0n) is 18.2. The van der Waals surface area contributed by atoms with Gasteiger partial charge in [-0.25, -0.2) is 4.68 Å². The molecule has 2 fully saturated rings. The molecule has 2 aliphatic heterocycles. The van der Waals surface area contributed by atoms with E-state index >= 15 is 0 Å². The maximum absolute atomic E-state index is 5.86. The zero-order chi connectivity index (χ0) is 21.0. The molecule has 0 bridgehead atoms. The molecule has 2 N–H and O–H groups in total. The van der Waals surface area contributed by atoms with E-state index in [1.807, 2.05) is 4.68 Å². The van der Waals surface area contributed by atoms with Gasteiger partial charge in [-0.15, -0.1) is 5.10 Å². The van der Waals surface area contributed by atoms with E-state index in [0.717, 1.165) is 58.0 Å². The lowest BCUT2D eigenvalue weighted by Gasteiger charge is -2.34. The SMILES string of the molecule is Cc1ccc([C@@H](c2nnnn2C[C@H]2CCCO2)[NH+]2CC[NH+](c3ccccc3)CC2)cc1. The minimum atomic E-state index is 0.134. The third kappa shape index (κ3) is 4.54. The Kier molecular flexibility index (Phi) is 6.06. The summed E-state index contributed by atoms with van der Waals surface area (Å²) in [6.45, 7) is 8.09. The molecule has 2 atom stereocenters. The highest BCUT2D eigenvalue weighted by atomic mass is 16.5. The summed E-state index contributed by atoms with van der Waals surface area (Å²) in [5, 5.41) is 13.0. The van der Waals surface area contributed by atoms with E-state index in [1.54, 1.807) is 4.90 Å². The van der Waals surface area contributed by atoms with Crippen LogP contribution in [-0.2, 0) is 11.3 Å². The van der Waals surface area contributed by atoms with Crippen LogP contribution in [0, 0.1) is 6.92 Å². The first-order valence-corrected chi connectivity index (χ1v) is 11.5. The van der Waals surface area contributed by atoms with Gasteiger partial charge in [0.05, 0.1) is 12.6 Å². The Labute approximate surface area is 183 Å². The molecular weight excluding hydrogens is 388 g/mol. The van der Waals surface area contributed by atoms with Gasteiger partial charge in [-0.1, -0.05) is 48.0 Å². The summed E-state index contributed by atoms with van der Waals surface area (Å²) in [5.41, 5.74) is 3.94. The molecule has 7 heteroatoms. The minimum absolute atomic E-state index is 0.134. The molecule has 162 valence electrons. The molecule has 2 aromatic carbocycles. The van der Waals surface area contributed by atoms with Crippen LogP contribution in [0.2, 0.25) is 0 Å². The van der Waals surface area contributed by atoms with Crippen molar-refractivity contribution in [3.8, 4) is 0 Å². The van der Waals surface area contributed by atoms with Crippen molar-refractivity contribution in [2.45, 2.75) is 38.5 Å². The fraction of sp³-hybridized carbons (Fsp3) is 0.458. The number of benzene rings is 2. The lowest BCUT2D eigenvalue weighted by atomic mass is 10.0. The van der Waals surface area contributed by atoms with Crippen LogP contribution in [0.4, 0.5) is 5.69 Å². The molecular formula is C24H32N6O+2. The average Bonchev–Trinajstić information content (AvgIpc) is 3.49. The monoisotopic (exact) mass is 420 g/mol. The second kappa shape index (κ2) is 9.26. The molecule has 0 saturated carbocycles. The highest BCUT2D eigenvalue weighted by molar-refractivity contribution is 5.28. The number of quaternary nitrogens is 2. The normalized spacial score (nSPS) is 24.9. The van der Waals surface area contributed by atoms with Crippen molar-refractivity contribution in [3.63, 3.8) is 0 Å². The number of tetrazole rings is 1. The Bertz CT molecular complexity index is 959. The predicted molar refractivity (Wildman–Crippen MR) is 117 cm³/mol. The molecule has 3 aromatic rings. The molecule has 2 saturated heterocycles. The van der Waals surface area contributed by atoms with Crippen LogP contribution < -0.4 is 9.80 Å². The summed E-state index contributed by atoms with van der Waals surface area (Å²) in [6.07, 6.45) is 2.43. The van der Waals surface area contributed by atoms with Crippen molar-refractivity contribution < 1.29 is 14.5 Å². The molecule has 3 heterocycles. The fourth-order valence-electron chi connectivity index (χ4n) is 4.98. The van der Waals surface area contributed by atoms with Crippen molar-refractivity contribution in [3.05, 3.63) is 71.5 Å². The van der Waals surface area contributed by atoms with Gasteiger partial charge < -0.3 is 9.64 Å². The molecule has 0 spiro atoms. The Balaban J connectivity index is 1.40. The molecule has 31 heavy (non-hydrogen) atoms. The second-order valence-electron chi connectivity index (χ2n) is 8.83. The Hall–Kier alpha value is -2.61. The van der Waals surface area contributed by atoms with Gasteiger partial charge >= 0.3 is 0 Å². The molecule has 0 aliphatic carbocycles. The van der Waals surface area contributed by atoms with E-state index in [9.17, 15) is 0 Å². The second-order valence-corrected chi connectivity index (χ2v) is 8.83. The summed E-state index contributed by atoms with van der Waals surface area (Å²) in [7, 11) is 0. The fourth-order valence-corrected chi connectivity index (χ4v) is 4.98. The lowest BCUT2D eigenvalue weighted by molar-refractivity contribution is -1.00. The van der Waals surface area contributed by atoms with E-state index in [4.69, 9.17) is 4.74 Å². The van der Waals surface area contributed by atoms with Crippen molar-refractivity contribution in [2.24, 2.45) is 0 Å². The molecule has 0 amide bonds. The molecule has 7 nitrogen and oxygen atoms in total. The Morgan fingerprint density at radius 3 is 2.52 bits per heavy atom. The third-order valence-corrected chi connectivity index (χ3v) is 6.72. The van der Waals surface area contributed by atoms with Gasteiger partial charge in [-0.2, -0.15) is 0 Å². The molecule has 1 aromatic heterocycles. The summed E-state index contributed by atoms with van der Waals surface area (Å²) >= 11 is 0. The van der Waals surface area contributed by atoms with Gasteiger partial charge in [0.15, 0.2) is 6.04 Å². The molecule has 0 radical (unpaired) electrons. The number of piperazine rings is 1. The number of aryl methyl sites for hydroxylation is 1. The smallest absolute Gasteiger partial charge is 0.214 e. The zero-order valence-corrected chi connectivity index (χ0v) is 18.2. The number of nitrogens with zero attached hydrogens (tertiary/aromatic N) is 4. The molecule has 2 aliphatic rings. The first kappa shape index (κ1) is 20.3. The number of hydrogen-bond donors (Lipinski definition) is 2. The van der Waals surface area contributed by atoms with Crippen LogP contribution in [-0.4, -0.2) is 59.1 Å². The standard InChI is InChI=1S/C24H30N6O/c1-19-9-11-20(12-10-19)23(24-25-26-27-30(24)18-22-8-5-17-31-22)29-15-13-28(14-16-29)21-6-3-2-4-7-21/h2-4,6-7,9-12,22-23H,5,8,13-18H2,1H3/p+2/t22-,23+/m1/s1. The van der Waals surface area contributed by atoms with Crippen LogP contribution in [0.1, 0.15) is 35.8 Å². The van der Waals surface area contributed by atoms with Crippen LogP contribution in [0.3, 0.4) is 0 Å². The van der Waals surface area contributed by atoms with Crippen molar-refractivity contribution in [1.82, 2.24) is 20.2 Å². The van der Waals surface area contributed by atoms with Crippen LogP contribution in [0.25, 0.3) is 0 Å². The topological polar surface area (TPSA) is 61.7 Å². The number of nitrogens with one attached hydrogen (secondary N) is 2. The Morgan fingerprint density at radius 2 is 1.81 bits per heavy atom. The van der Waals surface area contributed by atoms with Gasteiger partial charge in [0.25, 0.3) is 0 Å². The Morgan fingerprint density at radius 1 is 1.03 bits per heavy atom. The number of para-hydroxylation sites is 1. The predicted octanol–water partition coefficient (Wildman–Crippen LogP) is 0.365. The quantitative estimate of drug-likeness (QED) is 0.605. The number of ether oxygens (including phenoxy) is 1. The van der Waals surface area contributed by atoms with Crippen LogP contribution >= 0.6 is 0 Å². The van der Waals surface area contributed by atoms with Crippen LogP contribution in [0.15, 0.2) is 54.6 Å². The molecule has 5 rings (SSSR count). The van der Waals surface area contributed by atoms with Crippen molar-refractivity contribution >= 4 is 5.69 Å². The van der Waals surface area contributed by atoms with Crippen LogP contribution in [0.5, 0.6) is 0 Å². The van der Waals surface area contributed by atoms with Gasteiger partial charge in [-0.05, 0) is 42.3 Å². The lowest BCUT2D eigenvalue weighted by Crippen LogP contribution is -3.26. The minimum Gasteiger partial charge on any atom is -0.376 e. The van der Waals surface area contributed by atoms with Gasteiger partial charge in [0, 0.05) is 12.2 Å². The maximum atomic E-state index is 5.86.